The summed E-state index contributed by atoms with van der Waals surface area (Å²) in [6, 6.07) is 6.24. The molecule has 0 atom stereocenters. The van der Waals surface area contributed by atoms with E-state index in [1.165, 1.54) is 5.56 Å². The van der Waals surface area contributed by atoms with Crippen molar-refractivity contribution in [2.75, 3.05) is 11.9 Å². The first kappa shape index (κ1) is 15.2. The summed E-state index contributed by atoms with van der Waals surface area (Å²) in [5.41, 5.74) is 3.08. The number of hydrogen-bond donors (Lipinski definition) is 0. The summed E-state index contributed by atoms with van der Waals surface area (Å²) < 4.78 is 0. The van der Waals surface area contributed by atoms with Gasteiger partial charge in [-0.1, -0.05) is 33.6 Å². The first-order chi connectivity index (χ1) is 8.47. The molecule has 0 N–H and O–H groups in total. The van der Waals surface area contributed by atoms with E-state index >= 15 is 0 Å². The Hall–Kier alpha value is -0.830. The highest BCUT2D eigenvalue weighted by Crippen LogP contribution is 2.15. The van der Waals surface area contributed by atoms with Gasteiger partial charge < -0.3 is 4.90 Å². The molecule has 0 aliphatic carbocycles. The second-order valence-corrected chi connectivity index (χ2v) is 5.75. The van der Waals surface area contributed by atoms with Gasteiger partial charge in [0.05, 0.1) is 0 Å². The maximum atomic E-state index is 12.5. The Kier molecular flexibility index (Phi) is 5.86. The number of carbonyl (C=O) groups excluding carboxylic acids is 1. The van der Waals surface area contributed by atoms with Crippen LogP contribution in [0.3, 0.4) is 0 Å². The summed E-state index contributed by atoms with van der Waals surface area (Å²) in [5.74, 6) is 0.142. The molecule has 18 heavy (non-hydrogen) atoms. The van der Waals surface area contributed by atoms with Crippen LogP contribution in [0.1, 0.15) is 41.8 Å². The molecular weight excluding hydrogens is 290 g/mol. The normalized spacial score (nSPS) is 10.8. The van der Waals surface area contributed by atoms with Crippen LogP contribution in [0.25, 0.3) is 0 Å². The molecule has 1 aromatic rings. The highest BCUT2D eigenvalue weighted by molar-refractivity contribution is 9.09. The SMILES string of the molecule is Cc1ccc(C(=O)N(CCCBr)C(C)C)c(C)c1. The van der Waals surface area contributed by atoms with Gasteiger partial charge in [-0.05, 0) is 45.7 Å². The second-order valence-electron chi connectivity index (χ2n) is 4.95. The highest BCUT2D eigenvalue weighted by atomic mass is 79.9. The minimum Gasteiger partial charge on any atom is -0.336 e. The number of aryl methyl sites for hydroxylation is 2. The van der Waals surface area contributed by atoms with Gasteiger partial charge in [0.15, 0.2) is 0 Å². The number of amides is 1. The van der Waals surface area contributed by atoms with Crippen molar-refractivity contribution in [1.29, 1.82) is 0 Å². The Bertz CT molecular complexity index is 415. The number of hydrogen-bond acceptors (Lipinski definition) is 1. The van der Waals surface area contributed by atoms with Crippen LogP contribution in [0, 0.1) is 13.8 Å². The van der Waals surface area contributed by atoms with Crippen molar-refractivity contribution in [2.24, 2.45) is 0 Å². The van der Waals surface area contributed by atoms with Gasteiger partial charge in [-0.3, -0.25) is 4.79 Å². The zero-order chi connectivity index (χ0) is 13.7. The van der Waals surface area contributed by atoms with Gasteiger partial charge in [0, 0.05) is 23.5 Å². The Balaban J connectivity index is 2.94. The van der Waals surface area contributed by atoms with E-state index in [0.29, 0.717) is 0 Å². The van der Waals surface area contributed by atoms with Crippen LogP contribution in [0.4, 0.5) is 0 Å². The Morgan fingerprint density at radius 1 is 1.33 bits per heavy atom. The lowest BCUT2D eigenvalue weighted by molar-refractivity contribution is 0.0706. The lowest BCUT2D eigenvalue weighted by Gasteiger charge is -2.27. The van der Waals surface area contributed by atoms with Crippen molar-refractivity contribution in [3.8, 4) is 0 Å². The van der Waals surface area contributed by atoms with Gasteiger partial charge in [-0.25, -0.2) is 0 Å². The fraction of sp³-hybridized carbons (Fsp3) is 0.533. The van der Waals surface area contributed by atoms with E-state index in [2.05, 4.69) is 35.8 Å². The fourth-order valence-corrected chi connectivity index (χ4v) is 2.28. The number of halogens is 1. The minimum atomic E-state index is 0.142. The second kappa shape index (κ2) is 6.93. The zero-order valence-electron chi connectivity index (χ0n) is 11.7. The Morgan fingerprint density at radius 3 is 2.50 bits per heavy atom. The average Bonchev–Trinajstić information content (AvgIpc) is 2.28. The van der Waals surface area contributed by atoms with Gasteiger partial charge in [-0.2, -0.15) is 0 Å². The van der Waals surface area contributed by atoms with Gasteiger partial charge in [0.1, 0.15) is 0 Å². The van der Waals surface area contributed by atoms with E-state index in [1.807, 2.05) is 30.9 Å². The molecule has 1 rings (SSSR count). The molecule has 0 saturated heterocycles. The monoisotopic (exact) mass is 311 g/mol. The molecule has 0 heterocycles. The third-order valence-corrected chi connectivity index (χ3v) is 3.59. The number of benzene rings is 1. The van der Waals surface area contributed by atoms with E-state index < -0.39 is 0 Å². The van der Waals surface area contributed by atoms with Crippen LogP contribution < -0.4 is 0 Å². The van der Waals surface area contributed by atoms with Crippen LogP contribution in [0.15, 0.2) is 18.2 Å². The van der Waals surface area contributed by atoms with E-state index in [-0.39, 0.29) is 11.9 Å². The molecule has 0 aromatic heterocycles. The van der Waals surface area contributed by atoms with E-state index in [1.54, 1.807) is 0 Å². The summed E-state index contributed by atoms with van der Waals surface area (Å²) >= 11 is 3.42. The van der Waals surface area contributed by atoms with Crippen molar-refractivity contribution >= 4 is 21.8 Å². The van der Waals surface area contributed by atoms with Gasteiger partial charge in [0.25, 0.3) is 5.91 Å². The molecule has 0 bridgehead atoms. The van der Waals surface area contributed by atoms with Crippen LogP contribution in [0.5, 0.6) is 0 Å². The van der Waals surface area contributed by atoms with Crippen molar-refractivity contribution in [3.63, 3.8) is 0 Å². The first-order valence-electron chi connectivity index (χ1n) is 6.41. The van der Waals surface area contributed by atoms with E-state index in [4.69, 9.17) is 0 Å². The maximum absolute atomic E-state index is 12.5. The number of nitrogens with zero attached hydrogens (tertiary/aromatic N) is 1. The summed E-state index contributed by atoms with van der Waals surface area (Å²) in [6.07, 6.45) is 0.981. The molecule has 0 aliphatic heterocycles. The molecule has 1 amide bonds. The van der Waals surface area contributed by atoms with Gasteiger partial charge in [0.2, 0.25) is 0 Å². The molecule has 100 valence electrons. The quantitative estimate of drug-likeness (QED) is 0.754. The van der Waals surface area contributed by atoms with Crippen molar-refractivity contribution < 1.29 is 4.79 Å². The molecule has 0 aliphatic rings. The lowest BCUT2D eigenvalue weighted by atomic mass is 10.0. The van der Waals surface area contributed by atoms with Gasteiger partial charge in [-0.15, -0.1) is 0 Å². The predicted octanol–water partition coefficient (Wildman–Crippen LogP) is 3.94. The molecule has 0 unspecified atom stereocenters. The number of rotatable bonds is 5. The van der Waals surface area contributed by atoms with Crippen molar-refractivity contribution in [2.45, 2.75) is 40.2 Å². The summed E-state index contributed by atoms with van der Waals surface area (Å²) in [6.45, 7) is 8.98. The highest BCUT2D eigenvalue weighted by Gasteiger charge is 2.19. The smallest absolute Gasteiger partial charge is 0.254 e. The van der Waals surface area contributed by atoms with Gasteiger partial charge >= 0.3 is 0 Å². The summed E-state index contributed by atoms with van der Waals surface area (Å²) in [4.78, 5) is 14.5. The van der Waals surface area contributed by atoms with E-state index in [9.17, 15) is 4.79 Å². The number of alkyl halides is 1. The zero-order valence-corrected chi connectivity index (χ0v) is 13.3. The molecule has 0 radical (unpaired) electrons. The maximum Gasteiger partial charge on any atom is 0.254 e. The Labute approximate surface area is 119 Å². The largest absolute Gasteiger partial charge is 0.336 e. The molecule has 3 heteroatoms. The topological polar surface area (TPSA) is 20.3 Å². The van der Waals surface area contributed by atoms with Crippen LogP contribution in [0.2, 0.25) is 0 Å². The van der Waals surface area contributed by atoms with Crippen molar-refractivity contribution in [3.05, 3.63) is 34.9 Å². The van der Waals surface area contributed by atoms with Crippen LogP contribution in [-0.2, 0) is 0 Å². The fourth-order valence-electron chi connectivity index (χ4n) is 2.03. The Morgan fingerprint density at radius 2 is 2.00 bits per heavy atom. The minimum absolute atomic E-state index is 0.142. The average molecular weight is 312 g/mol. The standard InChI is InChI=1S/C15H22BrNO/c1-11(2)17(9-5-8-16)15(18)14-7-6-12(3)10-13(14)4/h6-7,10-11H,5,8-9H2,1-4H3. The van der Waals surface area contributed by atoms with E-state index in [0.717, 1.165) is 29.4 Å². The summed E-state index contributed by atoms with van der Waals surface area (Å²) in [5, 5.41) is 0.927. The predicted molar refractivity (Wildman–Crippen MR) is 80.5 cm³/mol. The molecular formula is C15H22BrNO. The third kappa shape index (κ3) is 3.84. The van der Waals surface area contributed by atoms with Crippen LogP contribution >= 0.6 is 15.9 Å². The molecule has 0 fully saturated rings. The lowest BCUT2D eigenvalue weighted by Crippen LogP contribution is -2.38. The van der Waals surface area contributed by atoms with Crippen molar-refractivity contribution in [1.82, 2.24) is 4.90 Å². The molecule has 1 aromatic carbocycles. The molecule has 2 nitrogen and oxygen atoms in total. The number of carbonyl (C=O) groups is 1. The summed E-state index contributed by atoms with van der Waals surface area (Å²) in [7, 11) is 0. The molecule has 0 saturated carbocycles. The molecule has 0 spiro atoms. The first-order valence-corrected chi connectivity index (χ1v) is 7.53. The third-order valence-electron chi connectivity index (χ3n) is 3.03. The van der Waals surface area contributed by atoms with Crippen LogP contribution in [-0.4, -0.2) is 28.7 Å².